The van der Waals surface area contributed by atoms with Gasteiger partial charge in [0.25, 0.3) is 0 Å². The minimum atomic E-state index is -4.54. The number of aromatic nitrogens is 2. The van der Waals surface area contributed by atoms with E-state index in [0.717, 1.165) is 12.3 Å². The van der Waals surface area contributed by atoms with Crippen molar-refractivity contribution in [2.75, 3.05) is 0 Å². The Morgan fingerprint density at radius 2 is 1.84 bits per heavy atom. The van der Waals surface area contributed by atoms with Crippen LogP contribution in [0.2, 0.25) is 0 Å². The third kappa shape index (κ3) is 2.94. The molecule has 0 saturated heterocycles. The molecule has 19 heavy (non-hydrogen) atoms. The Bertz CT molecular complexity index is 596. The van der Waals surface area contributed by atoms with E-state index in [4.69, 9.17) is 0 Å². The van der Waals surface area contributed by atoms with E-state index in [0.29, 0.717) is 0 Å². The van der Waals surface area contributed by atoms with Crippen LogP contribution in [0.3, 0.4) is 0 Å². The van der Waals surface area contributed by atoms with E-state index in [1.54, 1.807) is 0 Å². The molecule has 2 aromatic heterocycles. The van der Waals surface area contributed by atoms with E-state index in [1.165, 1.54) is 17.4 Å². The molecule has 2 aromatic rings. The van der Waals surface area contributed by atoms with E-state index in [9.17, 15) is 17.6 Å². The van der Waals surface area contributed by atoms with Gasteiger partial charge in [-0.1, -0.05) is 20.4 Å². The highest BCUT2D eigenvalue weighted by atomic mass is 19.4. The van der Waals surface area contributed by atoms with Crippen molar-refractivity contribution in [3.63, 3.8) is 0 Å². The van der Waals surface area contributed by atoms with Crippen molar-refractivity contribution in [3.8, 4) is 0 Å². The van der Waals surface area contributed by atoms with Gasteiger partial charge < -0.3 is 4.40 Å². The molecule has 2 nitrogen and oxygen atoms in total. The molecule has 0 aromatic carbocycles. The largest absolute Gasteiger partial charge is 0.417 e. The minimum absolute atomic E-state index is 0.210. The molecule has 0 aliphatic rings. The number of nitrogens with zero attached hydrogens (tertiary/aromatic N) is 2. The van der Waals surface area contributed by atoms with Gasteiger partial charge in [0.2, 0.25) is 0 Å². The normalized spacial score (nSPS) is 11.1. The number of hydrogen-bond donors (Lipinski definition) is 0. The summed E-state index contributed by atoms with van der Waals surface area (Å²) in [7, 11) is 0. The molecule has 0 aliphatic heterocycles. The Kier molecular flexibility index (Phi) is 4.34. The molecule has 6 heteroatoms. The van der Waals surface area contributed by atoms with Gasteiger partial charge in [-0.3, -0.25) is 0 Å². The van der Waals surface area contributed by atoms with Gasteiger partial charge in [-0.05, 0) is 19.1 Å². The molecule has 0 atom stereocenters. The lowest BCUT2D eigenvalue weighted by Gasteiger charge is -2.07. The van der Waals surface area contributed by atoms with Crippen LogP contribution >= 0.6 is 0 Å². The van der Waals surface area contributed by atoms with Crippen LogP contribution in [-0.4, -0.2) is 15.6 Å². The van der Waals surface area contributed by atoms with Gasteiger partial charge in [-0.15, -0.1) is 0 Å². The number of aryl methyl sites for hydroxylation is 1. The van der Waals surface area contributed by atoms with Crippen LogP contribution in [-0.2, 0) is 0 Å². The summed E-state index contributed by atoms with van der Waals surface area (Å²) in [5.74, 6) is -0.540. The summed E-state index contributed by atoms with van der Waals surface area (Å²) in [6, 6.07) is 2.46. The van der Waals surface area contributed by atoms with Gasteiger partial charge >= 0.3 is 6.18 Å². The molecule has 0 N–H and O–H groups in total. The molecule has 104 valence electrons. The maximum Gasteiger partial charge on any atom is 0.417 e. The van der Waals surface area contributed by atoms with Crippen LogP contribution in [0.4, 0.5) is 17.6 Å². The number of allylic oxidation sites excluding steroid dienone is 1. The number of alkyl halides is 3. The van der Waals surface area contributed by atoms with E-state index in [1.807, 2.05) is 13.8 Å². The fourth-order valence-corrected chi connectivity index (χ4v) is 1.56. The first kappa shape index (κ1) is 15.2. The fourth-order valence-electron chi connectivity index (χ4n) is 1.56. The topological polar surface area (TPSA) is 17.3 Å². The van der Waals surface area contributed by atoms with Gasteiger partial charge in [-0.25, -0.2) is 9.37 Å². The summed E-state index contributed by atoms with van der Waals surface area (Å²) in [6.07, 6.45) is -3.45. The molecular weight excluding hydrogens is 260 g/mol. The molecule has 0 unspecified atom stereocenters. The average molecular weight is 274 g/mol. The molecule has 0 fully saturated rings. The fraction of sp³-hybridized carbons (Fsp3) is 0.308. The SMILES string of the molecule is C=C(c1nc2ccc(F)cn2c1C)C(F)(F)F.CC. The van der Waals surface area contributed by atoms with Crippen LogP contribution in [0.5, 0.6) is 0 Å². The monoisotopic (exact) mass is 274 g/mol. The third-order valence-corrected chi connectivity index (χ3v) is 2.45. The van der Waals surface area contributed by atoms with Crippen molar-refractivity contribution in [3.05, 3.63) is 42.1 Å². The summed E-state index contributed by atoms with van der Waals surface area (Å²) in [6.45, 7) is 8.42. The third-order valence-electron chi connectivity index (χ3n) is 2.45. The lowest BCUT2D eigenvalue weighted by Crippen LogP contribution is -2.10. The zero-order valence-corrected chi connectivity index (χ0v) is 10.8. The van der Waals surface area contributed by atoms with Crippen LogP contribution in [0.15, 0.2) is 24.9 Å². The molecule has 0 radical (unpaired) electrons. The Morgan fingerprint density at radius 3 is 2.37 bits per heavy atom. The van der Waals surface area contributed by atoms with E-state index in [-0.39, 0.29) is 17.0 Å². The van der Waals surface area contributed by atoms with E-state index in [2.05, 4.69) is 11.6 Å². The zero-order valence-electron chi connectivity index (χ0n) is 10.8. The summed E-state index contributed by atoms with van der Waals surface area (Å²) >= 11 is 0. The predicted octanol–water partition coefficient (Wildman–Crippen LogP) is 4.38. The second-order valence-electron chi connectivity index (χ2n) is 3.60. The van der Waals surface area contributed by atoms with E-state index < -0.39 is 17.6 Å². The number of halogens is 4. The molecular formula is C13H14F4N2. The van der Waals surface area contributed by atoms with Crippen molar-refractivity contribution >= 4 is 11.2 Å². The zero-order chi connectivity index (χ0) is 14.8. The highest BCUT2D eigenvalue weighted by molar-refractivity contribution is 5.69. The van der Waals surface area contributed by atoms with Crippen molar-refractivity contribution in [1.82, 2.24) is 9.38 Å². The second-order valence-corrected chi connectivity index (χ2v) is 3.60. The number of hydrogen-bond acceptors (Lipinski definition) is 1. The maximum absolute atomic E-state index is 13.0. The molecule has 0 amide bonds. The molecule has 0 saturated carbocycles. The minimum Gasteiger partial charge on any atom is -0.301 e. The maximum atomic E-state index is 13.0. The Morgan fingerprint density at radius 1 is 1.26 bits per heavy atom. The lowest BCUT2D eigenvalue weighted by atomic mass is 10.2. The van der Waals surface area contributed by atoms with Crippen molar-refractivity contribution in [1.29, 1.82) is 0 Å². The number of rotatable bonds is 1. The highest BCUT2D eigenvalue weighted by Gasteiger charge is 2.35. The first-order valence-corrected chi connectivity index (χ1v) is 5.71. The molecule has 0 bridgehead atoms. The summed E-state index contributed by atoms with van der Waals surface area (Å²) < 4.78 is 51.7. The predicted molar refractivity (Wildman–Crippen MR) is 66.3 cm³/mol. The van der Waals surface area contributed by atoms with Gasteiger partial charge in [0.15, 0.2) is 0 Å². The Balaban J connectivity index is 0.000000861. The number of fused-ring (bicyclic) bond motifs is 1. The quantitative estimate of drug-likeness (QED) is 0.705. The second kappa shape index (κ2) is 5.42. The first-order chi connectivity index (χ1) is 8.80. The van der Waals surface area contributed by atoms with Gasteiger partial charge in [0, 0.05) is 11.9 Å². The van der Waals surface area contributed by atoms with Crippen LogP contribution in [0.1, 0.15) is 25.2 Å². The van der Waals surface area contributed by atoms with Crippen molar-refractivity contribution < 1.29 is 17.6 Å². The summed E-state index contributed by atoms with van der Waals surface area (Å²) in [4.78, 5) is 3.80. The summed E-state index contributed by atoms with van der Waals surface area (Å²) in [5.41, 5.74) is -0.826. The Hall–Kier alpha value is -1.85. The van der Waals surface area contributed by atoms with Gasteiger partial charge in [0.1, 0.15) is 11.5 Å². The smallest absolute Gasteiger partial charge is 0.301 e. The number of imidazole rings is 1. The molecule has 0 spiro atoms. The van der Waals surface area contributed by atoms with Gasteiger partial charge in [0.05, 0.1) is 11.3 Å². The van der Waals surface area contributed by atoms with Crippen molar-refractivity contribution in [2.45, 2.75) is 26.9 Å². The summed E-state index contributed by atoms with van der Waals surface area (Å²) in [5, 5.41) is 0. The Labute approximate surface area is 108 Å². The average Bonchev–Trinajstić information content (AvgIpc) is 2.67. The molecule has 2 heterocycles. The van der Waals surface area contributed by atoms with Crippen LogP contribution in [0, 0.1) is 12.7 Å². The lowest BCUT2D eigenvalue weighted by molar-refractivity contribution is -0.0689. The standard InChI is InChI=1S/C11H8F4N2.C2H6/c1-6(11(13,14)15)10-7(2)17-5-8(12)3-4-9(17)16-10;1-2/h3-5H,1H2,2H3;1-2H3. The van der Waals surface area contributed by atoms with Crippen molar-refractivity contribution in [2.24, 2.45) is 0 Å². The molecule has 0 aliphatic carbocycles. The number of pyridine rings is 1. The van der Waals surface area contributed by atoms with Gasteiger partial charge in [-0.2, -0.15) is 13.2 Å². The van der Waals surface area contributed by atoms with Crippen LogP contribution in [0.25, 0.3) is 11.2 Å². The highest BCUT2D eigenvalue weighted by Crippen LogP contribution is 2.33. The molecule has 2 rings (SSSR count). The first-order valence-electron chi connectivity index (χ1n) is 5.71. The van der Waals surface area contributed by atoms with E-state index >= 15 is 0 Å². The van der Waals surface area contributed by atoms with Crippen LogP contribution < -0.4 is 0 Å².